The van der Waals surface area contributed by atoms with Crippen LogP contribution in [0.3, 0.4) is 0 Å². The van der Waals surface area contributed by atoms with Crippen molar-refractivity contribution in [3.63, 3.8) is 0 Å². The minimum absolute atomic E-state index is 0.978. The van der Waals surface area contributed by atoms with E-state index in [1.54, 1.807) is 0 Å². The fourth-order valence-corrected chi connectivity index (χ4v) is 3.25. The first-order valence-corrected chi connectivity index (χ1v) is 7.31. The molecule has 2 fully saturated rings. The summed E-state index contributed by atoms with van der Waals surface area (Å²) in [5, 5.41) is 3.46. The third kappa shape index (κ3) is 3.74. The molecule has 0 saturated carbocycles. The second kappa shape index (κ2) is 6.61. The van der Waals surface area contributed by atoms with Crippen LogP contribution >= 0.6 is 0 Å². The first-order valence-electron chi connectivity index (χ1n) is 7.31. The summed E-state index contributed by atoms with van der Waals surface area (Å²) in [7, 11) is 0. The Bertz CT molecular complexity index is 187. The van der Waals surface area contributed by atoms with Crippen molar-refractivity contribution in [3.05, 3.63) is 0 Å². The standard InChI is InChI=1S/C14H28N2/c1-2-13-5-3-9-16(12-13)10-4-6-14-7-8-15-11-14/h13-15H,2-12H2,1H3. The van der Waals surface area contributed by atoms with Crippen molar-refractivity contribution in [3.8, 4) is 0 Å². The first kappa shape index (κ1) is 12.4. The molecule has 94 valence electrons. The highest BCUT2D eigenvalue weighted by atomic mass is 15.1. The van der Waals surface area contributed by atoms with Gasteiger partial charge < -0.3 is 10.2 Å². The number of hydrogen-bond acceptors (Lipinski definition) is 2. The normalized spacial score (nSPS) is 32.1. The van der Waals surface area contributed by atoms with Gasteiger partial charge in [0, 0.05) is 6.54 Å². The molecule has 0 aliphatic carbocycles. The van der Waals surface area contributed by atoms with Crippen LogP contribution in [0.2, 0.25) is 0 Å². The number of rotatable bonds is 5. The van der Waals surface area contributed by atoms with Gasteiger partial charge in [-0.25, -0.2) is 0 Å². The lowest BCUT2D eigenvalue weighted by molar-refractivity contribution is 0.167. The van der Waals surface area contributed by atoms with E-state index in [9.17, 15) is 0 Å². The highest BCUT2D eigenvalue weighted by Gasteiger charge is 2.19. The Kier molecular flexibility index (Phi) is 5.11. The second-order valence-electron chi connectivity index (χ2n) is 5.72. The van der Waals surface area contributed by atoms with Crippen molar-refractivity contribution < 1.29 is 0 Å². The quantitative estimate of drug-likeness (QED) is 0.772. The van der Waals surface area contributed by atoms with Crippen LogP contribution < -0.4 is 5.32 Å². The van der Waals surface area contributed by atoms with Crippen molar-refractivity contribution in [2.75, 3.05) is 32.7 Å². The Hall–Kier alpha value is -0.0800. The van der Waals surface area contributed by atoms with E-state index >= 15 is 0 Å². The molecule has 0 radical (unpaired) electrons. The van der Waals surface area contributed by atoms with Gasteiger partial charge >= 0.3 is 0 Å². The minimum Gasteiger partial charge on any atom is -0.316 e. The van der Waals surface area contributed by atoms with Gasteiger partial charge in [0.15, 0.2) is 0 Å². The maximum atomic E-state index is 3.46. The van der Waals surface area contributed by atoms with Crippen LogP contribution in [0.5, 0.6) is 0 Å². The lowest BCUT2D eigenvalue weighted by Crippen LogP contribution is -2.35. The zero-order chi connectivity index (χ0) is 11.2. The fourth-order valence-electron chi connectivity index (χ4n) is 3.25. The maximum absolute atomic E-state index is 3.46. The zero-order valence-corrected chi connectivity index (χ0v) is 10.9. The predicted molar refractivity (Wildman–Crippen MR) is 69.7 cm³/mol. The molecule has 16 heavy (non-hydrogen) atoms. The molecule has 2 heteroatoms. The third-order valence-corrected chi connectivity index (χ3v) is 4.43. The Labute approximate surface area is 101 Å². The SMILES string of the molecule is CCC1CCCN(CCCC2CCNC2)C1. The predicted octanol–water partition coefficient (Wildman–Crippen LogP) is 2.50. The summed E-state index contributed by atoms with van der Waals surface area (Å²) in [5.41, 5.74) is 0. The molecule has 2 saturated heterocycles. The zero-order valence-electron chi connectivity index (χ0n) is 10.9. The van der Waals surface area contributed by atoms with Gasteiger partial charge in [-0.1, -0.05) is 13.3 Å². The summed E-state index contributed by atoms with van der Waals surface area (Å²) in [4.78, 5) is 2.71. The molecule has 2 atom stereocenters. The van der Waals surface area contributed by atoms with E-state index in [2.05, 4.69) is 17.1 Å². The molecule has 2 aliphatic heterocycles. The van der Waals surface area contributed by atoms with Crippen LogP contribution in [0.15, 0.2) is 0 Å². The van der Waals surface area contributed by atoms with Crippen LogP contribution in [0.1, 0.15) is 45.4 Å². The van der Waals surface area contributed by atoms with Crippen LogP contribution in [-0.4, -0.2) is 37.6 Å². The van der Waals surface area contributed by atoms with Crippen molar-refractivity contribution in [2.24, 2.45) is 11.8 Å². The van der Waals surface area contributed by atoms with E-state index in [1.165, 1.54) is 71.2 Å². The minimum atomic E-state index is 0.978. The largest absolute Gasteiger partial charge is 0.316 e. The van der Waals surface area contributed by atoms with E-state index in [0.29, 0.717) is 0 Å². The van der Waals surface area contributed by atoms with E-state index < -0.39 is 0 Å². The highest BCUT2D eigenvalue weighted by molar-refractivity contribution is 4.74. The Morgan fingerprint density at radius 3 is 2.94 bits per heavy atom. The van der Waals surface area contributed by atoms with Gasteiger partial charge in [-0.15, -0.1) is 0 Å². The molecule has 0 aromatic rings. The number of hydrogen-bond donors (Lipinski definition) is 1. The topological polar surface area (TPSA) is 15.3 Å². The molecule has 0 aromatic carbocycles. The number of piperidine rings is 1. The Morgan fingerprint density at radius 2 is 2.19 bits per heavy atom. The molecule has 1 N–H and O–H groups in total. The van der Waals surface area contributed by atoms with Gasteiger partial charge in [0.1, 0.15) is 0 Å². The smallest absolute Gasteiger partial charge is 0.000956 e. The summed E-state index contributed by atoms with van der Waals surface area (Å²) in [5.74, 6) is 1.97. The summed E-state index contributed by atoms with van der Waals surface area (Å²) >= 11 is 0. The monoisotopic (exact) mass is 224 g/mol. The Balaban J connectivity index is 1.58. The van der Waals surface area contributed by atoms with Gasteiger partial charge in [-0.3, -0.25) is 0 Å². The molecule has 2 unspecified atom stereocenters. The van der Waals surface area contributed by atoms with Crippen LogP contribution in [0.25, 0.3) is 0 Å². The fraction of sp³-hybridized carbons (Fsp3) is 1.00. The molecule has 0 spiro atoms. The lowest BCUT2D eigenvalue weighted by Gasteiger charge is -2.32. The van der Waals surface area contributed by atoms with Gasteiger partial charge in [0.2, 0.25) is 0 Å². The molecular formula is C14H28N2. The third-order valence-electron chi connectivity index (χ3n) is 4.43. The molecule has 2 rings (SSSR count). The number of nitrogens with zero attached hydrogens (tertiary/aromatic N) is 1. The molecule has 2 heterocycles. The summed E-state index contributed by atoms with van der Waals surface area (Å²) in [6, 6.07) is 0. The molecule has 0 bridgehead atoms. The van der Waals surface area contributed by atoms with Gasteiger partial charge in [-0.05, 0) is 70.1 Å². The van der Waals surface area contributed by atoms with Crippen molar-refractivity contribution in [2.45, 2.75) is 45.4 Å². The highest BCUT2D eigenvalue weighted by Crippen LogP contribution is 2.20. The van der Waals surface area contributed by atoms with Gasteiger partial charge in [0.05, 0.1) is 0 Å². The average Bonchev–Trinajstić information content (AvgIpc) is 2.82. The van der Waals surface area contributed by atoms with Crippen molar-refractivity contribution in [1.29, 1.82) is 0 Å². The van der Waals surface area contributed by atoms with E-state index in [1.807, 2.05) is 0 Å². The van der Waals surface area contributed by atoms with Crippen LogP contribution in [0, 0.1) is 11.8 Å². The van der Waals surface area contributed by atoms with E-state index in [4.69, 9.17) is 0 Å². The summed E-state index contributed by atoms with van der Waals surface area (Å²) in [6.45, 7) is 8.97. The molecular weight excluding hydrogens is 196 g/mol. The number of nitrogens with one attached hydrogen (secondary N) is 1. The van der Waals surface area contributed by atoms with Crippen LogP contribution in [0.4, 0.5) is 0 Å². The Morgan fingerprint density at radius 1 is 1.25 bits per heavy atom. The molecule has 0 aromatic heterocycles. The molecule has 0 amide bonds. The summed E-state index contributed by atoms with van der Waals surface area (Å²) < 4.78 is 0. The first-order chi connectivity index (χ1) is 7.88. The summed E-state index contributed by atoms with van der Waals surface area (Å²) in [6.07, 6.45) is 8.56. The average molecular weight is 224 g/mol. The lowest BCUT2D eigenvalue weighted by atomic mass is 9.95. The van der Waals surface area contributed by atoms with Gasteiger partial charge in [0.25, 0.3) is 0 Å². The van der Waals surface area contributed by atoms with Crippen LogP contribution in [-0.2, 0) is 0 Å². The molecule has 2 aliphatic rings. The van der Waals surface area contributed by atoms with E-state index in [-0.39, 0.29) is 0 Å². The maximum Gasteiger partial charge on any atom is 0.000956 e. The van der Waals surface area contributed by atoms with Crippen molar-refractivity contribution in [1.82, 2.24) is 10.2 Å². The number of likely N-dealkylation sites (tertiary alicyclic amines) is 1. The molecule has 2 nitrogen and oxygen atoms in total. The second-order valence-corrected chi connectivity index (χ2v) is 5.72. The van der Waals surface area contributed by atoms with Crippen molar-refractivity contribution >= 4 is 0 Å². The van der Waals surface area contributed by atoms with Gasteiger partial charge in [-0.2, -0.15) is 0 Å². The van der Waals surface area contributed by atoms with E-state index in [0.717, 1.165) is 11.8 Å².